The van der Waals surface area contributed by atoms with E-state index >= 15 is 0 Å². The summed E-state index contributed by atoms with van der Waals surface area (Å²) in [5.74, 6) is 1.06. The molecule has 0 aliphatic carbocycles. The van der Waals surface area contributed by atoms with Gasteiger partial charge in [-0.15, -0.1) is 11.8 Å². The Morgan fingerprint density at radius 3 is 2.56 bits per heavy atom. The van der Waals surface area contributed by atoms with Crippen LogP contribution in [0.15, 0.2) is 48.7 Å². The summed E-state index contributed by atoms with van der Waals surface area (Å²) in [6.07, 6.45) is 1.97. The van der Waals surface area contributed by atoms with Crippen molar-refractivity contribution >= 4 is 21.8 Å². The summed E-state index contributed by atoms with van der Waals surface area (Å²) in [5.41, 5.74) is 4.08. The zero-order chi connectivity index (χ0) is 16.1. The third-order valence-corrected chi connectivity index (χ3v) is 4.49. The van der Waals surface area contributed by atoms with Gasteiger partial charge in [0.1, 0.15) is 11.0 Å². The van der Waals surface area contributed by atoms with Crippen molar-refractivity contribution in [3.63, 3.8) is 0 Å². The van der Waals surface area contributed by atoms with Crippen molar-refractivity contribution in [3.05, 3.63) is 65.9 Å². The van der Waals surface area contributed by atoms with Crippen molar-refractivity contribution in [1.82, 2.24) is 4.57 Å². The van der Waals surface area contributed by atoms with E-state index in [4.69, 9.17) is 0 Å². The van der Waals surface area contributed by atoms with Crippen molar-refractivity contribution in [2.75, 3.05) is 0 Å². The summed E-state index contributed by atoms with van der Waals surface area (Å²) in [4.78, 5) is 0. The van der Waals surface area contributed by atoms with Crippen molar-refractivity contribution in [2.24, 2.45) is 7.05 Å². The molecule has 0 N–H and O–H groups in total. The van der Waals surface area contributed by atoms with E-state index in [0.29, 0.717) is 0 Å². The molecule has 0 saturated carbocycles. The molecule has 2 aromatic heterocycles. The SMILES string of the molecule is Cc1ccc2c(c1)c1ccc([O-])c(C)c1n2-c1c[c-]cc[n+]1C.[Bk].[Li+]. The first-order valence-corrected chi connectivity index (χ1v) is 7.65. The molecule has 2 heterocycles. The van der Waals surface area contributed by atoms with Crippen LogP contribution in [0.4, 0.5) is 0 Å². The van der Waals surface area contributed by atoms with Crippen LogP contribution in [-0.2, 0) is 7.05 Å². The molecule has 123 valence electrons. The van der Waals surface area contributed by atoms with Gasteiger partial charge in [-0.1, -0.05) is 29.8 Å². The van der Waals surface area contributed by atoms with Crippen LogP contribution in [0.25, 0.3) is 27.6 Å². The molecule has 25 heavy (non-hydrogen) atoms. The summed E-state index contributed by atoms with van der Waals surface area (Å²) >= 11 is 0. The predicted octanol–water partition coefficient (Wildman–Crippen LogP) is 0.103. The zero-order valence-electron chi connectivity index (χ0n) is 14.8. The Balaban J connectivity index is 0.00000113. The van der Waals surface area contributed by atoms with Gasteiger partial charge in [0.25, 0.3) is 0 Å². The molecule has 0 unspecified atom stereocenters. The minimum absolute atomic E-state index is 0. The van der Waals surface area contributed by atoms with Gasteiger partial charge in [-0.2, -0.15) is 6.07 Å². The van der Waals surface area contributed by atoms with E-state index in [1.807, 2.05) is 42.9 Å². The largest absolute Gasteiger partial charge is 1.00 e. The maximum atomic E-state index is 12.2. The Morgan fingerprint density at radius 2 is 1.84 bits per heavy atom. The number of aryl methyl sites for hydroxylation is 3. The molecular formula is C20H17BkLiN2O. The fourth-order valence-electron chi connectivity index (χ4n) is 3.28. The third-order valence-electron chi connectivity index (χ3n) is 4.49. The van der Waals surface area contributed by atoms with Crippen LogP contribution in [0.1, 0.15) is 11.1 Å². The van der Waals surface area contributed by atoms with Crippen LogP contribution in [0.3, 0.4) is 0 Å². The van der Waals surface area contributed by atoms with Gasteiger partial charge in [-0.05, 0) is 37.7 Å². The normalized spacial score (nSPS) is 10.5. The summed E-state index contributed by atoms with van der Waals surface area (Å²) in [6, 6.07) is 17.0. The Kier molecular flexibility index (Phi) is 4.61. The van der Waals surface area contributed by atoms with Crippen LogP contribution in [0, 0.1) is 19.9 Å². The average Bonchev–Trinajstić information content (AvgIpc) is 2.86. The first kappa shape index (κ1) is 18.1. The van der Waals surface area contributed by atoms with E-state index < -0.39 is 0 Å². The predicted molar refractivity (Wildman–Crippen MR) is 89.7 cm³/mol. The Hall–Kier alpha value is -3.21. The second kappa shape index (κ2) is 6.36. The van der Waals surface area contributed by atoms with Crippen LogP contribution < -0.4 is 28.5 Å². The monoisotopic (exact) mass is 555 g/mol. The van der Waals surface area contributed by atoms with Gasteiger partial charge >= 0.3 is 18.9 Å². The van der Waals surface area contributed by atoms with E-state index in [1.54, 1.807) is 6.07 Å². The maximum absolute atomic E-state index is 12.2. The van der Waals surface area contributed by atoms with Crippen LogP contribution in [-0.4, -0.2) is 4.57 Å². The fraction of sp³-hybridized carbons (Fsp3) is 0.150. The molecule has 0 aliphatic heterocycles. The quantitative estimate of drug-likeness (QED) is 0.187. The van der Waals surface area contributed by atoms with Crippen molar-refractivity contribution in [3.8, 4) is 11.6 Å². The standard InChI is InChI=1S/C20H18N2O.Bk.Li/c1-13-7-9-17-16(12-13)15-8-10-18(23)14(2)20(15)22(17)19-6-4-5-11-21(19)3;;/h5-12,23H,1-3H3;;/q;;+1/p-1. The van der Waals surface area contributed by atoms with Gasteiger partial charge in [-0.25, -0.2) is 4.57 Å². The molecule has 3 nitrogen and oxygen atoms in total. The summed E-state index contributed by atoms with van der Waals surface area (Å²) in [7, 11) is 2.01. The average molecular weight is 555 g/mol. The maximum Gasteiger partial charge on any atom is 1.00 e. The molecule has 0 saturated heterocycles. The van der Waals surface area contributed by atoms with Crippen LogP contribution in [0.5, 0.6) is 5.75 Å². The Labute approximate surface area is 153 Å². The number of pyridine rings is 1. The Bertz CT molecular complexity index is 1070. The molecule has 0 fully saturated rings. The molecule has 0 spiro atoms. The summed E-state index contributed by atoms with van der Waals surface area (Å²) in [6.45, 7) is 3.99. The molecule has 2 aromatic carbocycles. The molecule has 1 radical (unpaired) electrons. The second-order valence-electron chi connectivity index (χ2n) is 6.04. The molecule has 0 bridgehead atoms. The molecule has 5 heteroatoms. The number of aromatic nitrogens is 2. The number of benzene rings is 2. The molecular weight excluding hydrogens is 538 g/mol. The molecule has 0 atom stereocenters. The Morgan fingerprint density at radius 1 is 1.08 bits per heavy atom. The van der Waals surface area contributed by atoms with Crippen molar-refractivity contribution in [1.29, 1.82) is 0 Å². The summed E-state index contributed by atoms with van der Waals surface area (Å²) in [5, 5.41) is 14.5. The van der Waals surface area contributed by atoms with E-state index in [2.05, 4.69) is 35.8 Å². The van der Waals surface area contributed by atoms with Gasteiger partial charge in [-0.3, -0.25) is 0 Å². The molecule has 0 amide bonds. The van der Waals surface area contributed by atoms with Gasteiger partial charge in [0.2, 0.25) is 0 Å². The van der Waals surface area contributed by atoms with Crippen LogP contribution >= 0.6 is 0 Å². The van der Waals surface area contributed by atoms with Crippen molar-refractivity contribution < 1.29 is 28.5 Å². The zero-order valence-corrected chi connectivity index (χ0v) is 17.5. The number of hydrogen-bond acceptors (Lipinski definition) is 1. The third kappa shape index (κ3) is 2.54. The minimum atomic E-state index is 0. The van der Waals surface area contributed by atoms with Gasteiger partial charge in [0, 0.05) is 10.8 Å². The van der Waals surface area contributed by atoms with Gasteiger partial charge < -0.3 is 9.67 Å². The minimum Gasteiger partial charge on any atom is -0.872 e. The molecule has 4 aromatic rings. The van der Waals surface area contributed by atoms with E-state index in [9.17, 15) is 5.11 Å². The number of nitrogens with zero attached hydrogens (tertiary/aromatic N) is 2. The van der Waals surface area contributed by atoms with E-state index in [0.717, 1.165) is 27.8 Å². The molecule has 0 aliphatic rings. The van der Waals surface area contributed by atoms with Crippen LogP contribution in [0.2, 0.25) is 0 Å². The first-order valence-electron chi connectivity index (χ1n) is 7.65. The van der Waals surface area contributed by atoms with E-state index in [-0.39, 0.29) is 24.6 Å². The first-order chi connectivity index (χ1) is 11.1. The van der Waals surface area contributed by atoms with Gasteiger partial charge in [0.05, 0.1) is 7.05 Å². The second-order valence-corrected chi connectivity index (χ2v) is 6.04. The summed E-state index contributed by atoms with van der Waals surface area (Å²) < 4.78 is 4.21. The number of hydrogen-bond donors (Lipinski definition) is 0. The van der Waals surface area contributed by atoms with Crippen molar-refractivity contribution in [2.45, 2.75) is 13.8 Å². The molecule has 4 rings (SSSR count). The van der Waals surface area contributed by atoms with E-state index in [1.165, 1.54) is 10.9 Å². The fourth-order valence-corrected chi connectivity index (χ4v) is 3.28. The number of rotatable bonds is 1. The smallest absolute Gasteiger partial charge is 0.872 e. The van der Waals surface area contributed by atoms with Gasteiger partial charge in [0.15, 0.2) is 5.82 Å². The number of fused-ring (bicyclic) bond motifs is 3. The topological polar surface area (TPSA) is 31.9 Å².